The number of benzene rings is 2. The molecule has 0 bridgehead atoms. The number of hydrogen-bond donors (Lipinski definition) is 3. The van der Waals surface area contributed by atoms with Crippen molar-refractivity contribution in [2.75, 3.05) is 26.7 Å². The van der Waals surface area contributed by atoms with Crippen LogP contribution in [0.1, 0.15) is 23.3 Å². The minimum absolute atomic E-state index is 0.0317. The van der Waals surface area contributed by atoms with Crippen LogP contribution >= 0.6 is 0 Å². The lowest BCUT2D eigenvalue weighted by molar-refractivity contribution is 0.0940. The van der Waals surface area contributed by atoms with Gasteiger partial charge in [0.1, 0.15) is 11.4 Å². The van der Waals surface area contributed by atoms with Gasteiger partial charge < -0.3 is 20.4 Å². The van der Waals surface area contributed by atoms with E-state index in [-0.39, 0.29) is 5.91 Å². The highest BCUT2D eigenvalue weighted by molar-refractivity contribution is 5.98. The monoisotopic (exact) mass is 363 g/mol. The predicted molar refractivity (Wildman–Crippen MR) is 108 cm³/mol. The lowest BCUT2D eigenvalue weighted by Crippen LogP contribution is -2.36. The fourth-order valence-corrected chi connectivity index (χ4v) is 3.63. The van der Waals surface area contributed by atoms with Crippen molar-refractivity contribution >= 4 is 16.8 Å². The van der Waals surface area contributed by atoms with E-state index < -0.39 is 0 Å². The summed E-state index contributed by atoms with van der Waals surface area (Å²) in [5.41, 5.74) is 3.80. The van der Waals surface area contributed by atoms with Crippen molar-refractivity contribution < 1.29 is 9.53 Å². The Bertz CT molecular complexity index is 924. The molecule has 5 nitrogen and oxygen atoms in total. The number of methoxy groups -OCH3 is 1. The van der Waals surface area contributed by atoms with Gasteiger partial charge in [-0.25, -0.2) is 0 Å². The molecule has 5 heteroatoms. The molecule has 27 heavy (non-hydrogen) atoms. The highest BCUT2D eigenvalue weighted by Gasteiger charge is 2.15. The third-order valence-electron chi connectivity index (χ3n) is 5.30. The van der Waals surface area contributed by atoms with Crippen LogP contribution in [0, 0.1) is 5.92 Å². The summed E-state index contributed by atoms with van der Waals surface area (Å²) in [6.07, 6.45) is 2.25. The van der Waals surface area contributed by atoms with E-state index in [2.05, 4.69) is 33.8 Å². The Labute approximate surface area is 159 Å². The number of ether oxygens (including phenoxy) is 1. The molecule has 1 fully saturated rings. The second kappa shape index (κ2) is 7.84. The molecular formula is C22H25N3O2. The molecule has 0 atom stereocenters. The molecule has 0 unspecified atom stereocenters. The molecule has 1 amide bonds. The maximum Gasteiger partial charge on any atom is 0.267 e. The molecule has 0 aliphatic carbocycles. The standard InChI is InChI=1S/C22H25N3O2/c1-27-19-6-4-16(5-7-19)17-2-3-18-13-21(25-20(18)12-17)22(26)24-14-15-8-10-23-11-9-15/h2-7,12-13,15,23,25H,8-11,14H2,1H3,(H,24,26). The molecule has 1 saturated heterocycles. The van der Waals surface area contributed by atoms with Gasteiger partial charge in [-0.05, 0) is 67.2 Å². The van der Waals surface area contributed by atoms with Crippen molar-refractivity contribution in [3.63, 3.8) is 0 Å². The maximum atomic E-state index is 12.5. The van der Waals surface area contributed by atoms with Crippen LogP contribution in [0.4, 0.5) is 0 Å². The summed E-state index contributed by atoms with van der Waals surface area (Å²) in [7, 11) is 1.66. The van der Waals surface area contributed by atoms with Gasteiger partial charge in [-0.2, -0.15) is 0 Å². The van der Waals surface area contributed by atoms with Crippen molar-refractivity contribution in [1.82, 2.24) is 15.6 Å². The quantitative estimate of drug-likeness (QED) is 0.649. The average molecular weight is 363 g/mol. The van der Waals surface area contributed by atoms with Crippen LogP contribution in [0.15, 0.2) is 48.5 Å². The Morgan fingerprint density at radius 1 is 1.07 bits per heavy atom. The summed E-state index contributed by atoms with van der Waals surface area (Å²) in [5.74, 6) is 1.38. The number of piperidine rings is 1. The Morgan fingerprint density at radius 2 is 1.81 bits per heavy atom. The fourth-order valence-electron chi connectivity index (χ4n) is 3.63. The van der Waals surface area contributed by atoms with E-state index in [4.69, 9.17) is 4.74 Å². The molecule has 4 rings (SSSR count). The van der Waals surface area contributed by atoms with Crippen molar-refractivity contribution in [2.45, 2.75) is 12.8 Å². The molecule has 140 valence electrons. The van der Waals surface area contributed by atoms with Gasteiger partial charge in [0.05, 0.1) is 7.11 Å². The summed E-state index contributed by atoms with van der Waals surface area (Å²) in [4.78, 5) is 15.8. The molecule has 0 saturated carbocycles. The van der Waals surface area contributed by atoms with Crippen molar-refractivity contribution in [3.05, 3.63) is 54.2 Å². The summed E-state index contributed by atoms with van der Waals surface area (Å²) < 4.78 is 5.22. The number of amides is 1. The Hall–Kier alpha value is -2.79. The first-order valence-electron chi connectivity index (χ1n) is 9.49. The molecule has 1 aliphatic heterocycles. The van der Waals surface area contributed by atoms with Crippen LogP contribution < -0.4 is 15.4 Å². The van der Waals surface area contributed by atoms with Crippen molar-refractivity contribution in [2.24, 2.45) is 5.92 Å². The highest BCUT2D eigenvalue weighted by atomic mass is 16.5. The minimum Gasteiger partial charge on any atom is -0.497 e. The second-order valence-electron chi connectivity index (χ2n) is 7.12. The van der Waals surface area contributed by atoms with E-state index in [1.54, 1.807) is 7.11 Å². The van der Waals surface area contributed by atoms with Crippen LogP contribution in [0.25, 0.3) is 22.0 Å². The van der Waals surface area contributed by atoms with Gasteiger partial charge in [-0.15, -0.1) is 0 Å². The summed E-state index contributed by atoms with van der Waals surface area (Å²) in [5, 5.41) is 7.47. The fraction of sp³-hybridized carbons (Fsp3) is 0.318. The molecule has 2 heterocycles. The van der Waals surface area contributed by atoms with E-state index in [0.29, 0.717) is 11.6 Å². The van der Waals surface area contributed by atoms with Gasteiger partial charge >= 0.3 is 0 Å². The van der Waals surface area contributed by atoms with Crippen LogP contribution in [-0.2, 0) is 0 Å². The van der Waals surface area contributed by atoms with Crippen LogP contribution in [0.5, 0.6) is 5.75 Å². The normalized spacial score (nSPS) is 15.0. The molecule has 0 spiro atoms. The van der Waals surface area contributed by atoms with Gasteiger partial charge in [0.2, 0.25) is 0 Å². The first-order chi connectivity index (χ1) is 13.2. The van der Waals surface area contributed by atoms with E-state index in [9.17, 15) is 4.79 Å². The van der Waals surface area contributed by atoms with Crippen LogP contribution in [0.2, 0.25) is 0 Å². The van der Waals surface area contributed by atoms with E-state index >= 15 is 0 Å². The third-order valence-corrected chi connectivity index (χ3v) is 5.30. The lowest BCUT2D eigenvalue weighted by Gasteiger charge is -2.22. The number of rotatable bonds is 5. The number of carbonyl (C=O) groups excluding carboxylic acids is 1. The number of aromatic nitrogens is 1. The molecule has 3 N–H and O–H groups in total. The average Bonchev–Trinajstić information content (AvgIpc) is 3.16. The number of aromatic amines is 1. The maximum absolute atomic E-state index is 12.5. The third kappa shape index (κ3) is 3.98. The second-order valence-corrected chi connectivity index (χ2v) is 7.12. The molecule has 1 aliphatic rings. The number of carbonyl (C=O) groups is 1. The molecule has 3 aromatic rings. The zero-order chi connectivity index (χ0) is 18.6. The molecule has 0 radical (unpaired) electrons. The zero-order valence-electron chi connectivity index (χ0n) is 15.5. The van der Waals surface area contributed by atoms with Gasteiger partial charge in [0.15, 0.2) is 0 Å². The predicted octanol–water partition coefficient (Wildman–Crippen LogP) is 3.57. The smallest absolute Gasteiger partial charge is 0.267 e. The van der Waals surface area contributed by atoms with E-state index in [0.717, 1.165) is 60.3 Å². The molecular weight excluding hydrogens is 338 g/mol. The number of H-pyrrole nitrogens is 1. The largest absolute Gasteiger partial charge is 0.497 e. The first-order valence-corrected chi connectivity index (χ1v) is 9.49. The minimum atomic E-state index is -0.0317. The van der Waals surface area contributed by atoms with Gasteiger partial charge in [-0.3, -0.25) is 4.79 Å². The topological polar surface area (TPSA) is 66.2 Å². The van der Waals surface area contributed by atoms with Gasteiger partial charge in [0, 0.05) is 17.4 Å². The highest BCUT2D eigenvalue weighted by Crippen LogP contribution is 2.26. The SMILES string of the molecule is COc1ccc(-c2ccc3cc(C(=O)NCC4CCNCC4)[nH]c3c2)cc1. The van der Waals surface area contributed by atoms with Crippen LogP contribution in [0.3, 0.4) is 0 Å². The Morgan fingerprint density at radius 3 is 2.56 bits per heavy atom. The van der Waals surface area contributed by atoms with E-state index in [1.807, 2.05) is 30.3 Å². The Kier molecular flexibility index (Phi) is 5.12. The molecule has 1 aromatic heterocycles. The van der Waals surface area contributed by atoms with Gasteiger partial charge in [-0.1, -0.05) is 24.3 Å². The zero-order valence-corrected chi connectivity index (χ0v) is 15.5. The number of nitrogens with one attached hydrogen (secondary N) is 3. The van der Waals surface area contributed by atoms with Gasteiger partial charge in [0.25, 0.3) is 5.91 Å². The summed E-state index contributed by atoms with van der Waals surface area (Å²) in [6, 6.07) is 16.1. The summed E-state index contributed by atoms with van der Waals surface area (Å²) in [6.45, 7) is 2.83. The first kappa shape index (κ1) is 17.6. The number of hydrogen-bond acceptors (Lipinski definition) is 3. The van der Waals surface area contributed by atoms with Crippen molar-refractivity contribution in [3.8, 4) is 16.9 Å². The molecule has 2 aromatic carbocycles. The van der Waals surface area contributed by atoms with Crippen molar-refractivity contribution in [1.29, 1.82) is 0 Å². The number of fused-ring (bicyclic) bond motifs is 1. The van der Waals surface area contributed by atoms with E-state index in [1.165, 1.54) is 0 Å². The summed E-state index contributed by atoms with van der Waals surface area (Å²) >= 11 is 0. The van der Waals surface area contributed by atoms with Crippen LogP contribution in [-0.4, -0.2) is 37.6 Å². The Balaban J connectivity index is 1.48. The lowest BCUT2D eigenvalue weighted by atomic mass is 9.98.